The summed E-state index contributed by atoms with van der Waals surface area (Å²) in [6.07, 6.45) is 17.0. The zero-order chi connectivity index (χ0) is 12.9. The normalized spacial score (nSPS) is 13.5. The predicted octanol–water partition coefficient (Wildman–Crippen LogP) is 6.05. The molecule has 0 aromatic carbocycles. The highest BCUT2D eigenvalue weighted by molar-refractivity contribution is 8.79. The summed E-state index contributed by atoms with van der Waals surface area (Å²) in [5.41, 5.74) is 0. The number of hydrogen-bond donors (Lipinski definition) is 0. The van der Waals surface area contributed by atoms with Gasteiger partial charge in [0, 0.05) is 9.81 Å². The molecule has 2 heteroatoms. The van der Waals surface area contributed by atoms with Gasteiger partial charge in [0.05, 0.1) is 0 Å². The standard InChI is InChI=1S/C15H20S2/c1-5-9-11-13-15(8-4)17-16-14(7-3)12-10-6-2/h5,7-13H,1,4,6H2,2-3H3/b11-9-,12-10-,14-7+,15-13+. The second-order valence-electron chi connectivity index (χ2n) is 3.06. The summed E-state index contributed by atoms with van der Waals surface area (Å²) in [5.74, 6) is 0. The van der Waals surface area contributed by atoms with Gasteiger partial charge < -0.3 is 0 Å². The van der Waals surface area contributed by atoms with E-state index in [1.54, 1.807) is 27.7 Å². The highest BCUT2D eigenvalue weighted by Crippen LogP contribution is 2.37. The average Bonchev–Trinajstić information content (AvgIpc) is 2.36. The van der Waals surface area contributed by atoms with Crippen molar-refractivity contribution in [2.24, 2.45) is 0 Å². The lowest BCUT2D eigenvalue weighted by Gasteiger charge is -2.01. The maximum absolute atomic E-state index is 3.81. The molecule has 0 nitrogen and oxygen atoms in total. The molecule has 0 amide bonds. The molecule has 0 fully saturated rings. The summed E-state index contributed by atoms with van der Waals surface area (Å²) < 4.78 is 0. The molecule has 17 heavy (non-hydrogen) atoms. The van der Waals surface area contributed by atoms with Crippen molar-refractivity contribution in [3.05, 3.63) is 71.6 Å². The van der Waals surface area contributed by atoms with Crippen molar-refractivity contribution in [2.75, 3.05) is 0 Å². The molecule has 0 saturated heterocycles. The quantitative estimate of drug-likeness (QED) is 0.386. The zero-order valence-electron chi connectivity index (χ0n) is 10.6. The highest BCUT2D eigenvalue weighted by Gasteiger charge is 1.96. The number of allylic oxidation sites excluding steroid dienone is 8. The number of rotatable bonds is 8. The largest absolute Gasteiger partial charge is 0.0991 e. The monoisotopic (exact) mass is 264 g/mol. The maximum atomic E-state index is 3.81. The first-order chi connectivity index (χ1) is 8.28. The van der Waals surface area contributed by atoms with Crippen LogP contribution in [0.5, 0.6) is 0 Å². The molecule has 0 aromatic rings. The second-order valence-corrected chi connectivity index (χ2v) is 5.34. The van der Waals surface area contributed by atoms with Gasteiger partial charge in [-0.15, -0.1) is 0 Å². The summed E-state index contributed by atoms with van der Waals surface area (Å²) in [5, 5.41) is 0. The van der Waals surface area contributed by atoms with E-state index in [0.717, 1.165) is 11.3 Å². The minimum Gasteiger partial charge on any atom is -0.0991 e. The van der Waals surface area contributed by atoms with Crippen molar-refractivity contribution in [3.8, 4) is 0 Å². The molecule has 0 aromatic heterocycles. The van der Waals surface area contributed by atoms with E-state index in [-0.39, 0.29) is 0 Å². The summed E-state index contributed by atoms with van der Waals surface area (Å²) in [6.45, 7) is 11.6. The third-order valence-corrected chi connectivity index (χ3v) is 4.29. The molecule has 0 radical (unpaired) electrons. The Kier molecular flexibility index (Phi) is 11.0. The molecule has 0 aliphatic carbocycles. The zero-order valence-corrected chi connectivity index (χ0v) is 12.2. The minimum absolute atomic E-state index is 1.06. The van der Waals surface area contributed by atoms with Gasteiger partial charge in [-0.05, 0) is 19.4 Å². The molecule has 0 unspecified atom stereocenters. The van der Waals surface area contributed by atoms with E-state index in [9.17, 15) is 0 Å². The van der Waals surface area contributed by atoms with Crippen molar-refractivity contribution in [3.63, 3.8) is 0 Å². The van der Waals surface area contributed by atoms with Crippen LogP contribution >= 0.6 is 21.6 Å². The van der Waals surface area contributed by atoms with E-state index in [1.165, 1.54) is 4.91 Å². The van der Waals surface area contributed by atoms with E-state index < -0.39 is 0 Å². The van der Waals surface area contributed by atoms with Gasteiger partial charge in [0.25, 0.3) is 0 Å². The lowest BCUT2D eigenvalue weighted by molar-refractivity contribution is 1.22. The van der Waals surface area contributed by atoms with Crippen LogP contribution in [-0.4, -0.2) is 0 Å². The Morgan fingerprint density at radius 3 is 2.35 bits per heavy atom. The molecule has 0 atom stereocenters. The van der Waals surface area contributed by atoms with Crippen LogP contribution in [0.2, 0.25) is 0 Å². The molecular formula is C15H20S2. The summed E-state index contributed by atoms with van der Waals surface area (Å²) in [6, 6.07) is 0. The van der Waals surface area contributed by atoms with E-state index in [0.29, 0.717) is 0 Å². The first-order valence-electron chi connectivity index (χ1n) is 5.57. The van der Waals surface area contributed by atoms with Crippen LogP contribution in [0.15, 0.2) is 71.6 Å². The third-order valence-electron chi connectivity index (χ3n) is 1.75. The Balaban J connectivity index is 4.35. The minimum atomic E-state index is 1.06. The van der Waals surface area contributed by atoms with Gasteiger partial charge in [-0.1, -0.05) is 84.2 Å². The lowest BCUT2D eigenvalue weighted by atomic mass is 10.4. The Bertz CT molecular complexity index is 344. The Morgan fingerprint density at radius 1 is 1.12 bits per heavy atom. The SMILES string of the molecule is C=C/C=C\C=C(/C=C)SSC(/C=C\CC)=C/C. The van der Waals surface area contributed by atoms with Crippen LogP contribution in [0.4, 0.5) is 0 Å². The van der Waals surface area contributed by atoms with Crippen LogP contribution in [0.25, 0.3) is 0 Å². The van der Waals surface area contributed by atoms with Gasteiger partial charge in [-0.25, -0.2) is 0 Å². The van der Waals surface area contributed by atoms with Gasteiger partial charge in [0.1, 0.15) is 0 Å². The van der Waals surface area contributed by atoms with Crippen LogP contribution in [0.1, 0.15) is 20.3 Å². The highest BCUT2D eigenvalue weighted by atomic mass is 33.1. The molecule has 0 aliphatic rings. The average molecular weight is 264 g/mol. The van der Waals surface area contributed by atoms with Crippen molar-refractivity contribution >= 4 is 21.6 Å². The first kappa shape index (κ1) is 16.1. The molecule has 0 saturated carbocycles. The Labute approximate surface area is 113 Å². The van der Waals surface area contributed by atoms with E-state index >= 15 is 0 Å². The van der Waals surface area contributed by atoms with Crippen molar-refractivity contribution in [1.82, 2.24) is 0 Å². The molecular weight excluding hydrogens is 244 g/mol. The first-order valence-corrected chi connectivity index (χ1v) is 7.72. The van der Waals surface area contributed by atoms with Crippen LogP contribution in [0, 0.1) is 0 Å². The van der Waals surface area contributed by atoms with E-state index in [4.69, 9.17) is 0 Å². The van der Waals surface area contributed by atoms with Gasteiger partial charge >= 0.3 is 0 Å². The Hall–Kier alpha value is -0.860. The molecule has 0 spiro atoms. The molecule has 0 rings (SSSR count). The predicted molar refractivity (Wildman–Crippen MR) is 86.0 cm³/mol. The molecule has 0 heterocycles. The summed E-state index contributed by atoms with van der Waals surface area (Å²) in [7, 11) is 3.45. The fourth-order valence-electron chi connectivity index (χ4n) is 0.861. The van der Waals surface area contributed by atoms with Crippen molar-refractivity contribution in [1.29, 1.82) is 0 Å². The van der Waals surface area contributed by atoms with Gasteiger partial charge in [0.15, 0.2) is 0 Å². The third kappa shape index (κ3) is 8.90. The summed E-state index contributed by atoms with van der Waals surface area (Å²) in [4.78, 5) is 2.40. The molecule has 0 bridgehead atoms. The van der Waals surface area contributed by atoms with Gasteiger partial charge in [-0.3, -0.25) is 0 Å². The molecule has 92 valence electrons. The van der Waals surface area contributed by atoms with Gasteiger partial charge in [0.2, 0.25) is 0 Å². The second kappa shape index (κ2) is 11.6. The lowest BCUT2D eigenvalue weighted by Crippen LogP contribution is -1.69. The Morgan fingerprint density at radius 2 is 1.82 bits per heavy atom. The fourth-order valence-corrected chi connectivity index (χ4v) is 2.91. The van der Waals surface area contributed by atoms with Crippen LogP contribution in [-0.2, 0) is 0 Å². The van der Waals surface area contributed by atoms with E-state index in [2.05, 4.69) is 45.2 Å². The smallest absolute Gasteiger partial charge is 0.0180 e. The topological polar surface area (TPSA) is 0 Å². The van der Waals surface area contributed by atoms with E-state index in [1.807, 2.05) is 24.3 Å². The van der Waals surface area contributed by atoms with Crippen LogP contribution < -0.4 is 0 Å². The maximum Gasteiger partial charge on any atom is 0.0180 e. The molecule has 0 aliphatic heterocycles. The molecule has 0 N–H and O–H groups in total. The van der Waals surface area contributed by atoms with Gasteiger partial charge in [-0.2, -0.15) is 0 Å². The van der Waals surface area contributed by atoms with Crippen molar-refractivity contribution < 1.29 is 0 Å². The summed E-state index contributed by atoms with van der Waals surface area (Å²) >= 11 is 0. The fraction of sp³-hybridized carbons (Fsp3) is 0.200. The van der Waals surface area contributed by atoms with Crippen LogP contribution in [0.3, 0.4) is 0 Å². The van der Waals surface area contributed by atoms with Crippen molar-refractivity contribution in [2.45, 2.75) is 20.3 Å². The number of hydrogen-bond acceptors (Lipinski definition) is 2.